The highest BCUT2D eigenvalue weighted by Crippen LogP contribution is 2.32. The van der Waals surface area contributed by atoms with Gasteiger partial charge in [0, 0.05) is 18.2 Å². The molecule has 1 saturated heterocycles. The van der Waals surface area contributed by atoms with E-state index in [4.69, 9.17) is 5.73 Å². The SMILES string of the molecule is C[C@@H]1CCC[C@H](/C=C2/CC(C=O)CCN2CN)C1. The van der Waals surface area contributed by atoms with Gasteiger partial charge in [0.1, 0.15) is 6.29 Å². The molecule has 0 aromatic carbocycles. The number of aldehydes is 1. The summed E-state index contributed by atoms with van der Waals surface area (Å²) in [6, 6.07) is 0. The molecule has 1 aliphatic heterocycles. The molecule has 2 rings (SSSR count). The smallest absolute Gasteiger partial charge is 0.123 e. The summed E-state index contributed by atoms with van der Waals surface area (Å²) in [5.41, 5.74) is 7.13. The standard InChI is InChI=1S/C15H26N2O/c1-12-3-2-4-13(7-12)8-15-9-14(10-18)5-6-17(15)11-16/h8,10,12-14H,2-7,9,11,16H2,1H3/b15-8-/t12-,13+,14?/m1/s1. The molecule has 2 N–H and O–H groups in total. The first kappa shape index (κ1) is 13.6. The molecule has 3 atom stereocenters. The Kier molecular flexibility index (Phi) is 4.81. The molecule has 2 aliphatic rings. The minimum absolute atomic E-state index is 0.208. The van der Waals surface area contributed by atoms with Crippen molar-refractivity contribution in [1.29, 1.82) is 0 Å². The summed E-state index contributed by atoms with van der Waals surface area (Å²) in [7, 11) is 0. The second kappa shape index (κ2) is 6.37. The van der Waals surface area contributed by atoms with E-state index in [1.807, 2.05) is 0 Å². The molecule has 0 aromatic heterocycles. The highest BCUT2D eigenvalue weighted by molar-refractivity contribution is 5.54. The summed E-state index contributed by atoms with van der Waals surface area (Å²) in [4.78, 5) is 13.2. The maximum absolute atomic E-state index is 11.0. The lowest BCUT2D eigenvalue weighted by Crippen LogP contribution is -2.36. The fraction of sp³-hybridized carbons (Fsp3) is 0.800. The van der Waals surface area contributed by atoms with E-state index in [-0.39, 0.29) is 5.92 Å². The molecule has 0 radical (unpaired) electrons. The van der Waals surface area contributed by atoms with Gasteiger partial charge in [-0.15, -0.1) is 0 Å². The molecular formula is C15H26N2O. The van der Waals surface area contributed by atoms with Gasteiger partial charge in [0.05, 0.1) is 6.67 Å². The topological polar surface area (TPSA) is 46.3 Å². The maximum atomic E-state index is 11.0. The second-order valence-electron chi connectivity index (χ2n) is 6.02. The molecule has 1 saturated carbocycles. The normalized spacial score (nSPS) is 35.8. The zero-order valence-corrected chi connectivity index (χ0v) is 11.5. The number of likely N-dealkylation sites (tertiary alicyclic amines) is 1. The summed E-state index contributed by atoms with van der Waals surface area (Å²) in [6.07, 6.45) is 10.7. The van der Waals surface area contributed by atoms with Gasteiger partial charge >= 0.3 is 0 Å². The van der Waals surface area contributed by atoms with Gasteiger partial charge in [-0.1, -0.05) is 25.8 Å². The van der Waals surface area contributed by atoms with Crippen molar-refractivity contribution in [2.24, 2.45) is 23.5 Å². The van der Waals surface area contributed by atoms with E-state index in [9.17, 15) is 4.79 Å². The van der Waals surface area contributed by atoms with Crippen molar-refractivity contribution in [3.8, 4) is 0 Å². The van der Waals surface area contributed by atoms with Crippen molar-refractivity contribution in [1.82, 2.24) is 4.90 Å². The molecule has 0 amide bonds. The Balaban J connectivity index is 2.04. The van der Waals surface area contributed by atoms with Gasteiger partial charge < -0.3 is 15.4 Å². The van der Waals surface area contributed by atoms with E-state index < -0.39 is 0 Å². The fourth-order valence-corrected chi connectivity index (χ4v) is 3.37. The summed E-state index contributed by atoms with van der Waals surface area (Å²) < 4.78 is 0. The van der Waals surface area contributed by atoms with Crippen LogP contribution in [0.3, 0.4) is 0 Å². The fourth-order valence-electron chi connectivity index (χ4n) is 3.37. The average molecular weight is 250 g/mol. The maximum Gasteiger partial charge on any atom is 0.123 e. The molecule has 3 nitrogen and oxygen atoms in total. The number of piperidine rings is 1. The van der Waals surface area contributed by atoms with Crippen LogP contribution in [0.5, 0.6) is 0 Å². The number of hydrogen-bond acceptors (Lipinski definition) is 3. The molecule has 0 bridgehead atoms. The summed E-state index contributed by atoms with van der Waals surface area (Å²) in [5, 5.41) is 0. The number of rotatable bonds is 3. The van der Waals surface area contributed by atoms with Crippen LogP contribution in [0.4, 0.5) is 0 Å². The van der Waals surface area contributed by atoms with Crippen LogP contribution in [0.15, 0.2) is 11.8 Å². The molecule has 3 heteroatoms. The monoisotopic (exact) mass is 250 g/mol. The average Bonchev–Trinajstić information content (AvgIpc) is 2.38. The second-order valence-corrected chi connectivity index (χ2v) is 6.02. The Morgan fingerprint density at radius 2 is 2.17 bits per heavy atom. The van der Waals surface area contributed by atoms with Gasteiger partial charge in [0.25, 0.3) is 0 Å². The Morgan fingerprint density at radius 3 is 2.83 bits per heavy atom. The molecule has 0 spiro atoms. The first-order chi connectivity index (χ1) is 8.72. The third kappa shape index (κ3) is 3.35. The van der Waals surface area contributed by atoms with Crippen molar-refractivity contribution in [3.05, 3.63) is 11.8 Å². The largest absolute Gasteiger partial charge is 0.362 e. The first-order valence-electron chi connectivity index (χ1n) is 7.34. The van der Waals surface area contributed by atoms with Crippen LogP contribution >= 0.6 is 0 Å². The number of hydrogen-bond donors (Lipinski definition) is 1. The molecule has 1 unspecified atom stereocenters. The van der Waals surface area contributed by atoms with Crippen LogP contribution in [0, 0.1) is 17.8 Å². The molecule has 1 heterocycles. The number of nitrogens with two attached hydrogens (primary N) is 1. The molecule has 1 aliphatic carbocycles. The van der Waals surface area contributed by atoms with Crippen LogP contribution in [-0.2, 0) is 4.79 Å². The number of nitrogens with zero attached hydrogens (tertiary/aromatic N) is 1. The highest BCUT2D eigenvalue weighted by Gasteiger charge is 2.24. The van der Waals surface area contributed by atoms with Gasteiger partial charge in [-0.3, -0.25) is 0 Å². The summed E-state index contributed by atoms with van der Waals surface area (Å²) >= 11 is 0. The zero-order chi connectivity index (χ0) is 13.0. The third-order valence-electron chi connectivity index (χ3n) is 4.47. The van der Waals surface area contributed by atoms with Crippen LogP contribution in [-0.4, -0.2) is 24.4 Å². The third-order valence-corrected chi connectivity index (χ3v) is 4.47. The lowest BCUT2D eigenvalue weighted by Gasteiger charge is -2.35. The molecule has 2 fully saturated rings. The number of allylic oxidation sites excluding steroid dienone is 2. The lowest BCUT2D eigenvalue weighted by molar-refractivity contribution is -0.111. The van der Waals surface area contributed by atoms with Crippen molar-refractivity contribution >= 4 is 6.29 Å². The van der Waals surface area contributed by atoms with Gasteiger partial charge in [-0.2, -0.15) is 0 Å². The Morgan fingerprint density at radius 1 is 1.33 bits per heavy atom. The van der Waals surface area contributed by atoms with Gasteiger partial charge in [-0.05, 0) is 37.5 Å². The molecule has 102 valence electrons. The predicted molar refractivity (Wildman–Crippen MR) is 73.8 cm³/mol. The molecular weight excluding hydrogens is 224 g/mol. The first-order valence-corrected chi connectivity index (χ1v) is 7.34. The van der Waals surface area contributed by atoms with Crippen molar-refractivity contribution in [3.63, 3.8) is 0 Å². The van der Waals surface area contributed by atoms with Crippen molar-refractivity contribution in [2.75, 3.05) is 13.2 Å². The van der Waals surface area contributed by atoms with Gasteiger partial charge in [0.2, 0.25) is 0 Å². The predicted octanol–water partition coefficient (Wildman–Crippen LogP) is 2.52. The number of carbonyl (C=O) groups excluding carboxylic acids is 1. The Bertz CT molecular complexity index is 314. The van der Waals surface area contributed by atoms with Crippen molar-refractivity contribution in [2.45, 2.75) is 45.4 Å². The van der Waals surface area contributed by atoms with E-state index in [0.717, 1.165) is 31.6 Å². The lowest BCUT2D eigenvalue weighted by atomic mass is 9.81. The molecule has 18 heavy (non-hydrogen) atoms. The summed E-state index contributed by atoms with van der Waals surface area (Å²) in [5.74, 6) is 1.75. The van der Waals surface area contributed by atoms with E-state index in [2.05, 4.69) is 17.9 Å². The van der Waals surface area contributed by atoms with E-state index in [0.29, 0.717) is 12.6 Å². The van der Waals surface area contributed by atoms with Crippen LogP contribution in [0.2, 0.25) is 0 Å². The quantitative estimate of drug-likeness (QED) is 0.783. The van der Waals surface area contributed by atoms with E-state index >= 15 is 0 Å². The zero-order valence-electron chi connectivity index (χ0n) is 11.5. The van der Waals surface area contributed by atoms with Gasteiger partial charge in [-0.25, -0.2) is 0 Å². The van der Waals surface area contributed by atoms with E-state index in [1.54, 1.807) is 0 Å². The highest BCUT2D eigenvalue weighted by atomic mass is 16.1. The van der Waals surface area contributed by atoms with Crippen LogP contribution < -0.4 is 5.73 Å². The Hall–Kier alpha value is -0.830. The minimum Gasteiger partial charge on any atom is -0.362 e. The molecule has 0 aromatic rings. The number of carbonyl (C=O) groups is 1. The summed E-state index contributed by atoms with van der Waals surface area (Å²) in [6.45, 7) is 3.87. The van der Waals surface area contributed by atoms with E-state index in [1.165, 1.54) is 31.4 Å². The van der Waals surface area contributed by atoms with Crippen molar-refractivity contribution < 1.29 is 4.79 Å². The van der Waals surface area contributed by atoms with Crippen LogP contribution in [0.25, 0.3) is 0 Å². The van der Waals surface area contributed by atoms with Crippen LogP contribution in [0.1, 0.15) is 45.4 Å². The van der Waals surface area contributed by atoms with Gasteiger partial charge in [0.15, 0.2) is 0 Å². The Labute approximate surface area is 110 Å². The minimum atomic E-state index is 0.208.